The number of hydrogen-bond donors (Lipinski definition) is 3. The number of anilines is 1. The Hall–Kier alpha value is -2.92. The first-order valence-electron chi connectivity index (χ1n) is 13.8. The van der Waals surface area contributed by atoms with Crippen LogP contribution in [0.25, 0.3) is 5.57 Å². The number of halogens is 2. The van der Waals surface area contributed by atoms with E-state index in [0.29, 0.717) is 10.0 Å². The SMILES string of the molecule is C=C(C)c1c(Cl)cccc1Cl.C=CC(=C)Nc1ccccc1.C=CN.CC.CCN1CCC(C/C(C)=C\N)CC1. The molecule has 0 atom stereocenters. The Bertz CT molecular complexity index is 988. The standard InChI is InChI=1S/C11H22N2.C10H11N.C9H8Cl2.C2H5N.C2H6/c1-3-13-6-4-11(5-7-13)8-10(2)9-12;1-3-9(2)11-10-7-5-4-6-8-10;1-6(2)9-7(10)4-3-5-8(9)11;1-2-3;1-2/h9,11H,3-8,12H2,1-2H3;3-8,11H,1-2H2;3-5H,1H2,2H3;2H,1,3H2;1-2H3/b10-9-;;;;. The minimum absolute atomic E-state index is 0.657. The van der Waals surface area contributed by atoms with Crippen molar-refractivity contribution in [3.8, 4) is 0 Å². The smallest absolute Gasteiger partial charge is 0.0495 e. The lowest BCUT2D eigenvalue weighted by Crippen LogP contribution is -2.33. The van der Waals surface area contributed by atoms with Crippen LogP contribution in [0.5, 0.6) is 0 Å². The van der Waals surface area contributed by atoms with E-state index in [0.717, 1.165) is 28.4 Å². The van der Waals surface area contributed by atoms with Crippen LogP contribution in [-0.4, -0.2) is 24.5 Å². The molecule has 1 aliphatic rings. The van der Waals surface area contributed by atoms with Crippen molar-refractivity contribution in [1.82, 2.24) is 4.90 Å². The summed E-state index contributed by atoms with van der Waals surface area (Å²) in [6.07, 6.45) is 8.59. The highest BCUT2D eigenvalue weighted by Crippen LogP contribution is 2.29. The van der Waals surface area contributed by atoms with Crippen molar-refractivity contribution in [1.29, 1.82) is 0 Å². The zero-order valence-corrected chi connectivity index (χ0v) is 26.9. The van der Waals surface area contributed by atoms with E-state index in [9.17, 15) is 0 Å². The molecule has 0 spiro atoms. The van der Waals surface area contributed by atoms with Crippen LogP contribution in [0.4, 0.5) is 5.69 Å². The first kappa shape index (κ1) is 39.2. The fourth-order valence-electron chi connectivity index (χ4n) is 3.69. The van der Waals surface area contributed by atoms with E-state index in [1.807, 2.05) is 57.2 Å². The Morgan fingerprint density at radius 3 is 1.82 bits per heavy atom. The van der Waals surface area contributed by atoms with Gasteiger partial charge in [-0.2, -0.15) is 0 Å². The van der Waals surface area contributed by atoms with Crippen molar-refractivity contribution < 1.29 is 0 Å². The van der Waals surface area contributed by atoms with Gasteiger partial charge in [0.1, 0.15) is 0 Å². The zero-order chi connectivity index (χ0) is 30.9. The van der Waals surface area contributed by atoms with Crippen LogP contribution in [0.3, 0.4) is 0 Å². The molecule has 222 valence electrons. The van der Waals surface area contributed by atoms with Gasteiger partial charge in [0.25, 0.3) is 0 Å². The van der Waals surface area contributed by atoms with E-state index in [1.165, 1.54) is 50.7 Å². The number of rotatable bonds is 7. The Balaban J connectivity index is 0. The molecule has 0 aromatic heterocycles. The van der Waals surface area contributed by atoms with Gasteiger partial charge < -0.3 is 21.7 Å². The average molecular weight is 588 g/mol. The van der Waals surface area contributed by atoms with Gasteiger partial charge in [0.05, 0.1) is 0 Å². The van der Waals surface area contributed by atoms with Gasteiger partial charge in [-0.3, -0.25) is 0 Å². The molecule has 0 unspecified atom stereocenters. The number of hydrogen-bond acceptors (Lipinski definition) is 4. The summed E-state index contributed by atoms with van der Waals surface area (Å²) in [5.41, 5.74) is 15.0. The minimum Gasteiger partial charge on any atom is -0.405 e. The molecule has 1 saturated heterocycles. The van der Waals surface area contributed by atoms with Crippen LogP contribution in [0.15, 0.2) is 105 Å². The third-order valence-electron chi connectivity index (χ3n) is 5.76. The quantitative estimate of drug-likeness (QED) is 0.282. The van der Waals surface area contributed by atoms with Crippen molar-refractivity contribution in [2.75, 3.05) is 25.0 Å². The van der Waals surface area contributed by atoms with E-state index >= 15 is 0 Å². The second-order valence-electron chi connectivity index (χ2n) is 8.93. The molecule has 0 radical (unpaired) electrons. The number of nitrogens with two attached hydrogens (primary N) is 2. The third-order valence-corrected chi connectivity index (χ3v) is 6.39. The van der Waals surface area contributed by atoms with Gasteiger partial charge in [-0.1, -0.05) is 100 Å². The summed E-state index contributed by atoms with van der Waals surface area (Å²) in [6, 6.07) is 15.3. The second-order valence-corrected chi connectivity index (χ2v) is 9.74. The number of piperidine rings is 1. The molecule has 1 fully saturated rings. The van der Waals surface area contributed by atoms with E-state index < -0.39 is 0 Å². The first-order valence-corrected chi connectivity index (χ1v) is 14.5. The summed E-state index contributed by atoms with van der Waals surface area (Å²) >= 11 is 11.8. The van der Waals surface area contributed by atoms with Crippen molar-refractivity contribution in [2.24, 2.45) is 17.4 Å². The molecule has 0 saturated carbocycles. The lowest BCUT2D eigenvalue weighted by molar-refractivity contribution is 0.192. The van der Waals surface area contributed by atoms with E-state index in [4.69, 9.17) is 28.9 Å². The van der Waals surface area contributed by atoms with Gasteiger partial charge in [0.2, 0.25) is 0 Å². The van der Waals surface area contributed by atoms with Crippen LogP contribution in [0, 0.1) is 5.92 Å². The Kier molecular flexibility index (Phi) is 24.6. The summed E-state index contributed by atoms with van der Waals surface area (Å²) in [6.45, 7) is 28.3. The highest BCUT2D eigenvalue weighted by molar-refractivity contribution is 6.37. The fraction of sp³-hybridized carbons (Fsp3) is 0.353. The van der Waals surface area contributed by atoms with Crippen molar-refractivity contribution in [2.45, 2.75) is 53.9 Å². The molecule has 2 aromatic rings. The Labute approximate surface area is 255 Å². The Morgan fingerprint density at radius 2 is 1.45 bits per heavy atom. The molecule has 1 aliphatic heterocycles. The number of allylic oxidation sites excluding steroid dienone is 3. The van der Waals surface area contributed by atoms with Crippen LogP contribution in [0.2, 0.25) is 10.0 Å². The van der Waals surface area contributed by atoms with Gasteiger partial charge in [-0.15, -0.1) is 0 Å². The van der Waals surface area contributed by atoms with Gasteiger partial charge in [-0.25, -0.2) is 0 Å². The molecule has 1 heterocycles. The molecule has 5 N–H and O–H groups in total. The lowest BCUT2D eigenvalue weighted by Gasteiger charge is -2.31. The monoisotopic (exact) mass is 586 g/mol. The predicted octanol–water partition coefficient (Wildman–Crippen LogP) is 9.91. The molecular weight excluding hydrogens is 535 g/mol. The van der Waals surface area contributed by atoms with Crippen molar-refractivity contribution in [3.05, 3.63) is 120 Å². The zero-order valence-electron chi connectivity index (χ0n) is 25.4. The van der Waals surface area contributed by atoms with E-state index in [2.05, 4.69) is 56.1 Å². The van der Waals surface area contributed by atoms with Crippen LogP contribution >= 0.6 is 23.2 Å². The summed E-state index contributed by atoms with van der Waals surface area (Å²) in [7, 11) is 0. The molecule has 3 rings (SSSR count). The summed E-state index contributed by atoms with van der Waals surface area (Å²) in [5, 5.41) is 4.39. The van der Waals surface area contributed by atoms with Crippen LogP contribution in [0.1, 0.15) is 59.4 Å². The van der Waals surface area contributed by atoms with Gasteiger partial charge in [0, 0.05) is 27.0 Å². The normalized spacial score (nSPS) is 12.7. The highest BCUT2D eigenvalue weighted by atomic mass is 35.5. The topological polar surface area (TPSA) is 67.3 Å². The second kappa shape index (κ2) is 25.1. The Morgan fingerprint density at radius 1 is 0.950 bits per heavy atom. The molecular formula is C34H52Cl2N4. The maximum absolute atomic E-state index is 5.88. The molecule has 0 aliphatic carbocycles. The number of nitrogens with one attached hydrogen (secondary N) is 1. The van der Waals surface area contributed by atoms with Gasteiger partial charge in [0.15, 0.2) is 0 Å². The van der Waals surface area contributed by atoms with E-state index in [1.54, 1.807) is 24.4 Å². The van der Waals surface area contributed by atoms with Gasteiger partial charge in [-0.05, 0) is 107 Å². The third kappa shape index (κ3) is 18.4. The van der Waals surface area contributed by atoms with E-state index in [-0.39, 0.29) is 0 Å². The van der Waals surface area contributed by atoms with Crippen molar-refractivity contribution in [3.63, 3.8) is 0 Å². The minimum atomic E-state index is 0.657. The number of nitrogens with zero attached hydrogens (tertiary/aromatic N) is 1. The molecule has 0 bridgehead atoms. The van der Waals surface area contributed by atoms with Crippen LogP contribution < -0.4 is 16.8 Å². The molecule has 40 heavy (non-hydrogen) atoms. The molecule has 2 aromatic carbocycles. The maximum atomic E-state index is 5.88. The summed E-state index contributed by atoms with van der Waals surface area (Å²) < 4.78 is 0. The first-order chi connectivity index (χ1) is 19.1. The molecule has 4 nitrogen and oxygen atoms in total. The van der Waals surface area contributed by atoms with Crippen LogP contribution in [-0.2, 0) is 0 Å². The number of benzene rings is 2. The molecule has 6 heteroatoms. The fourth-order valence-corrected chi connectivity index (χ4v) is 4.41. The van der Waals surface area contributed by atoms with Crippen molar-refractivity contribution >= 4 is 34.5 Å². The summed E-state index contributed by atoms with van der Waals surface area (Å²) in [5.74, 6) is 0.877. The molecule has 0 amide bonds. The summed E-state index contributed by atoms with van der Waals surface area (Å²) in [4.78, 5) is 2.53. The van der Waals surface area contributed by atoms with Gasteiger partial charge >= 0.3 is 0 Å². The number of likely N-dealkylation sites (tertiary alicyclic amines) is 1. The number of para-hydroxylation sites is 1. The lowest BCUT2D eigenvalue weighted by atomic mass is 9.91. The highest BCUT2D eigenvalue weighted by Gasteiger charge is 2.17. The predicted molar refractivity (Wildman–Crippen MR) is 184 cm³/mol. The maximum Gasteiger partial charge on any atom is 0.0495 e. The average Bonchev–Trinajstić information content (AvgIpc) is 2.96. The largest absolute Gasteiger partial charge is 0.405 e.